The van der Waals surface area contributed by atoms with E-state index in [0.717, 1.165) is 45.2 Å². The van der Waals surface area contributed by atoms with E-state index < -0.39 is 5.60 Å². The van der Waals surface area contributed by atoms with Gasteiger partial charge in [-0.3, -0.25) is 9.59 Å². The summed E-state index contributed by atoms with van der Waals surface area (Å²) >= 11 is 11.9. The lowest BCUT2D eigenvalue weighted by atomic mass is 9.97. The number of thiophene rings is 2. The molecule has 0 saturated carbocycles. The third kappa shape index (κ3) is 17.4. The van der Waals surface area contributed by atoms with Crippen molar-refractivity contribution in [3.05, 3.63) is 175 Å². The molecule has 2 heterocycles. The Balaban J connectivity index is 0.000000274. The van der Waals surface area contributed by atoms with Crippen molar-refractivity contribution in [2.75, 3.05) is 33.3 Å². The van der Waals surface area contributed by atoms with Gasteiger partial charge in [0.25, 0.3) is 0 Å². The fourth-order valence-corrected chi connectivity index (χ4v) is 10.8. The Morgan fingerprint density at radius 3 is 1.48 bits per heavy atom. The molecule has 1 amide bonds. The third-order valence-corrected chi connectivity index (χ3v) is 14.4. The fourth-order valence-electron chi connectivity index (χ4n) is 8.57. The molecule has 79 heavy (non-hydrogen) atoms. The first kappa shape index (κ1) is 64.2. The number of phenols is 1. The maximum absolute atomic E-state index is 14.0. The number of carbonyl (C=O) groups is 3. The first-order valence-corrected chi connectivity index (χ1v) is 29.5. The van der Waals surface area contributed by atoms with Crippen LogP contribution in [0.15, 0.2) is 109 Å². The summed E-state index contributed by atoms with van der Waals surface area (Å²) in [4.78, 5) is 42.5. The van der Waals surface area contributed by atoms with Crippen LogP contribution in [0.1, 0.15) is 106 Å². The topological polar surface area (TPSA) is 124 Å². The van der Waals surface area contributed by atoms with E-state index in [2.05, 4.69) is 59.5 Å². The van der Waals surface area contributed by atoms with E-state index in [1.54, 1.807) is 57.9 Å². The Hall–Kier alpha value is -5.63. The van der Waals surface area contributed by atoms with Crippen LogP contribution in [0.5, 0.6) is 34.5 Å². The molecule has 0 bridgehead atoms. The van der Waals surface area contributed by atoms with Crippen LogP contribution < -0.4 is 19.5 Å². The number of nitrogens with one attached hydrogen (secondary N) is 1. The highest BCUT2D eigenvalue weighted by Gasteiger charge is 2.27. The van der Waals surface area contributed by atoms with Gasteiger partial charge in [0.15, 0.2) is 11.5 Å². The summed E-state index contributed by atoms with van der Waals surface area (Å²) in [7, 11) is 1.60. The standard InChI is InChI=1S/C33H36FNO5S.C27H26FNO3S.CH4.BBr3/c1-8-35(32(37)40-33(4,5)6)16-15-22-9-11-24(12-10-22)39-30-26-14-13-25(38-7)19-27(26)41-31(30)29(36)28-20(2)17-23(34)18-21(28)3;1-4-29-12-11-18-5-8-21(9-6-18)32-26-22-10-7-20(30)15-23(22)33-27(26)25(31)24-16(2)13-19(28)14-17(24)3;;2-1(3)4/h9-14,17-19H,8,15-16H2,1-7H3;5-10,13-15,29-30H,4,11-12H2,1-3H3;1H4;. The summed E-state index contributed by atoms with van der Waals surface area (Å²) in [5, 5.41) is 14.8. The zero-order chi connectivity index (χ0) is 57.0. The Bertz CT molecular complexity index is 3350. The lowest BCUT2D eigenvalue weighted by Crippen LogP contribution is -2.37. The smallest absolute Gasteiger partial charge is 0.410 e. The highest BCUT2D eigenvalue weighted by atomic mass is 79.9. The summed E-state index contributed by atoms with van der Waals surface area (Å²) < 4.78 is 53.2. The SMILES string of the molecule is BrB(Br)Br.C.CCN(CCc1ccc(Oc2c(C(=O)c3c(C)cc(F)cc3C)sc3cc(OC)ccc23)cc1)C(=O)OC(C)(C)C.CCNCCc1ccc(Oc2c(C(=O)c3c(C)cc(F)cc3C)sc3cc(O)ccc23)cc1. The number of phenolic OH excluding ortho intramolecular Hbond substituents is 1. The summed E-state index contributed by atoms with van der Waals surface area (Å²) in [5.74, 6) is 1.72. The Kier molecular flexibility index (Phi) is 23.7. The molecule has 0 aliphatic rings. The zero-order valence-corrected chi connectivity index (χ0v) is 51.6. The number of benzene rings is 6. The van der Waals surface area contributed by atoms with Crippen molar-refractivity contribution in [1.29, 1.82) is 0 Å². The first-order chi connectivity index (χ1) is 37.0. The van der Waals surface area contributed by atoms with Crippen LogP contribution in [0.25, 0.3) is 20.2 Å². The summed E-state index contributed by atoms with van der Waals surface area (Å²) in [6, 6.07) is 31.5. The second-order valence-corrected chi connectivity index (χ2v) is 27.7. The minimum absolute atomic E-state index is 0. The molecule has 0 radical (unpaired) electrons. The molecule has 2 N–H and O–H groups in total. The number of likely N-dealkylation sites (N-methyl/N-ethyl adjacent to an activating group) is 2. The number of hydrogen-bond donors (Lipinski definition) is 2. The van der Waals surface area contributed by atoms with Gasteiger partial charge in [0.2, 0.25) is 11.6 Å². The second-order valence-electron chi connectivity index (χ2n) is 19.2. The highest BCUT2D eigenvalue weighted by molar-refractivity contribution is 9.69. The predicted molar refractivity (Wildman–Crippen MR) is 332 cm³/mol. The van der Waals surface area contributed by atoms with Crippen molar-refractivity contribution < 1.29 is 47.2 Å². The van der Waals surface area contributed by atoms with Gasteiger partial charge >= 0.3 is 9.28 Å². The largest absolute Gasteiger partial charge is 0.508 e. The van der Waals surface area contributed by atoms with Crippen molar-refractivity contribution >= 4 is 111 Å². The van der Waals surface area contributed by atoms with Crippen molar-refractivity contribution in [1.82, 2.24) is 10.2 Å². The molecule has 0 fully saturated rings. The highest BCUT2D eigenvalue weighted by Crippen LogP contribution is 2.45. The zero-order valence-electron chi connectivity index (χ0n) is 45.2. The number of hydrogen-bond acceptors (Lipinski definition) is 11. The first-order valence-electron chi connectivity index (χ1n) is 25.1. The van der Waals surface area contributed by atoms with Crippen molar-refractivity contribution in [2.45, 2.75) is 88.2 Å². The monoisotopic (exact) mass is 1300 g/mol. The van der Waals surface area contributed by atoms with E-state index in [9.17, 15) is 28.3 Å². The molecule has 0 saturated heterocycles. The minimum atomic E-state index is -0.547. The summed E-state index contributed by atoms with van der Waals surface area (Å²) in [6.45, 7) is 19.4. The van der Waals surface area contributed by atoms with E-state index in [4.69, 9.17) is 18.9 Å². The molecule has 8 aromatic rings. The van der Waals surface area contributed by atoms with Gasteiger partial charge in [0.05, 0.1) is 7.11 Å². The Labute approximate surface area is 495 Å². The molecule has 0 aliphatic carbocycles. The van der Waals surface area contributed by atoms with Gasteiger partial charge in [-0.25, -0.2) is 13.6 Å². The Morgan fingerprint density at radius 1 is 0.646 bits per heavy atom. The maximum Gasteiger partial charge on any atom is 0.410 e. The second kappa shape index (κ2) is 29.2. The number of rotatable bonds is 17. The molecule has 0 spiro atoms. The van der Waals surface area contributed by atoms with Crippen LogP contribution in [0, 0.1) is 39.3 Å². The molecule has 418 valence electrons. The van der Waals surface area contributed by atoms with Crippen molar-refractivity contribution in [2.24, 2.45) is 0 Å². The van der Waals surface area contributed by atoms with Gasteiger partial charge < -0.3 is 34.3 Å². The summed E-state index contributed by atoms with van der Waals surface area (Å²) in [6.07, 6.45) is 1.24. The summed E-state index contributed by atoms with van der Waals surface area (Å²) in [5.41, 5.74) is 4.92. The minimum Gasteiger partial charge on any atom is -0.508 e. The maximum atomic E-state index is 14.0. The number of aromatic hydroxyl groups is 1. The fraction of sp³-hybridized carbons (Fsp3) is 0.295. The molecule has 18 heteroatoms. The number of aryl methyl sites for hydroxylation is 4. The van der Waals surface area contributed by atoms with E-state index in [1.165, 1.54) is 52.5 Å². The van der Waals surface area contributed by atoms with E-state index in [-0.39, 0.29) is 45.7 Å². The lowest BCUT2D eigenvalue weighted by molar-refractivity contribution is 0.0262. The van der Waals surface area contributed by atoms with Crippen LogP contribution >= 0.6 is 69.9 Å². The number of nitrogens with zero attached hydrogens (tertiary/aromatic N) is 1. The lowest BCUT2D eigenvalue weighted by Gasteiger charge is -2.26. The third-order valence-electron chi connectivity index (χ3n) is 12.2. The van der Waals surface area contributed by atoms with Crippen LogP contribution in [0.4, 0.5) is 13.6 Å². The normalized spacial score (nSPS) is 10.9. The van der Waals surface area contributed by atoms with Crippen LogP contribution in [0.2, 0.25) is 0 Å². The molecule has 0 aliphatic heterocycles. The van der Waals surface area contributed by atoms with Crippen molar-refractivity contribution in [3.8, 4) is 34.5 Å². The number of halogens is 5. The molecule has 0 atom stereocenters. The number of carbonyl (C=O) groups excluding carboxylic acids is 3. The average Bonchev–Trinajstić information content (AvgIpc) is 4.07. The predicted octanol–water partition coefficient (Wildman–Crippen LogP) is 17.8. The molecule has 8 rings (SSSR count). The number of ketones is 2. The van der Waals surface area contributed by atoms with Gasteiger partial charge in [-0.2, -0.15) is 0 Å². The molecule has 0 unspecified atom stereocenters. The molecular formula is C61H66BBr3F2N2O8S2. The van der Waals surface area contributed by atoms with Crippen LogP contribution in [-0.2, 0) is 17.6 Å². The average molecular weight is 1310 g/mol. The molecule has 10 nitrogen and oxygen atoms in total. The quantitative estimate of drug-likeness (QED) is 0.0521. The molecule has 6 aromatic carbocycles. The van der Waals surface area contributed by atoms with E-state index in [1.807, 2.05) is 94.4 Å². The van der Waals surface area contributed by atoms with Gasteiger partial charge in [0.1, 0.15) is 50.0 Å². The molecule has 2 aromatic heterocycles. The number of methoxy groups -OCH3 is 1. The number of amides is 1. The number of fused-ring (bicyclic) bond motifs is 2. The Morgan fingerprint density at radius 2 is 1.06 bits per heavy atom. The van der Waals surface area contributed by atoms with Gasteiger partial charge in [-0.05, 0) is 200 Å². The van der Waals surface area contributed by atoms with Gasteiger partial charge in [-0.1, -0.05) is 38.6 Å². The number of ether oxygens (including phenoxy) is 4. The van der Waals surface area contributed by atoms with E-state index in [0.29, 0.717) is 91.4 Å². The van der Waals surface area contributed by atoms with Crippen LogP contribution in [0.3, 0.4) is 0 Å². The molecular weight excluding hydrogens is 1240 g/mol. The van der Waals surface area contributed by atoms with Gasteiger partial charge in [-0.15, -0.1) is 69.9 Å². The van der Waals surface area contributed by atoms with Crippen molar-refractivity contribution in [3.63, 3.8) is 0 Å². The van der Waals surface area contributed by atoms with E-state index >= 15 is 0 Å². The van der Waals surface area contributed by atoms with Crippen LogP contribution in [-0.4, -0.2) is 69.7 Å². The van der Waals surface area contributed by atoms with Gasteiger partial charge in [0, 0.05) is 44.4 Å².